The Labute approximate surface area is 124 Å². The van der Waals surface area contributed by atoms with Crippen LogP contribution < -0.4 is 10.6 Å². The van der Waals surface area contributed by atoms with Gasteiger partial charge in [-0.25, -0.2) is 0 Å². The fraction of sp³-hybridized carbons (Fsp3) is 1.00. The maximum atomic E-state index is 3.89. The SMILES string of the molecule is C1CCCN(CCNC2CCCC2C2CCCN2)CC1. The van der Waals surface area contributed by atoms with Crippen LogP contribution in [-0.2, 0) is 0 Å². The molecule has 3 atom stereocenters. The summed E-state index contributed by atoms with van der Waals surface area (Å²) < 4.78 is 0. The summed E-state index contributed by atoms with van der Waals surface area (Å²) in [6, 6.07) is 1.60. The Bertz CT molecular complexity index is 267. The van der Waals surface area contributed by atoms with Gasteiger partial charge in [-0.1, -0.05) is 19.3 Å². The minimum Gasteiger partial charge on any atom is -0.314 e. The molecule has 2 saturated heterocycles. The monoisotopic (exact) mass is 279 g/mol. The highest BCUT2D eigenvalue weighted by molar-refractivity contribution is 4.93. The molecule has 0 aromatic carbocycles. The molecule has 0 radical (unpaired) electrons. The average Bonchev–Trinajstić information content (AvgIpc) is 3.06. The third-order valence-corrected chi connectivity index (χ3v) is 5.72. The average molecular weight is 279 g/mol. The van der Waals surface area contributed by atoms with Crippen molar-refractivity contribution in [3.63, 3.8) is 0 Å². The van der Waals surface area contributed by atoms with Crippen molar-refractivity contribution >= 4 is 0 Å². The van der Waals surface area contributed by atoms with Crippen molar-refractivity contribution in [2.24, 2.45) is 5.92 Å². The Hall–Kier alpha value is -0.120. The van der Waals surface area contributed by atoms with Crippen molar-refractivity contribution in [3.05, 3.63) is 0 Å². The van der Waals surface area contributed by atoms with Crippen LogP contribution in [0.2, 0.25) is 0 Å². The molecule has 3 rings (SSSR count). The van der Waals surface area contributed by atoms with E-state index in [0.717, 1.165) is 18.0 Å². The van der Waals surface area contributed by atoms with Gasteiger partial charge in [0, 0.05) is 25.2 Å². The maximum absolute atomic E-state index is 3.89. The molecule has 3 aliphatic rings. The van der Waals surface area contributed by atoms with E-state index in [-0.39, 0.29) is 0 Å². The van der Waals surface area contributed by atoms with Gasteiger partial charge in [0.05, 0.1) is 0 Å². The highest BCUT2D eigenvalue weighted by Crippen LogP contribution is 2.31. The van der Waals surface area contributed by atoms with Crippen LogP contribution in [0.3, 0.4) is 0 Å². The van der Waals surface area contributed by atoms with E-state index in [1.54, 1.807) is 0 Å². The summed E-state index contributed by atoms with van der Waals surface area (Å²) >= 11 is 0. The van der Waals surface area contributed by atoms with Crippen molar-refractivity contribution in [1.29, 1.82) is 0 Å². The van der Waals surface area contributed by atoms with E-state index in [9.17, 15) is 0 Å². The zero-order chi connectivity index (χ0) is 13.6. The Kier molecular flexibility index (Phi) is 5.75. The molecule has 116 valence electrons. The lowest BCUT2D eigenvalue weighted by Gasteiger charge is -2.28. The maximum Gasteiger partial charge on any atom is 0.0111 e. The van der Waals surface area contributed by atoms with Crippen molar-refractivity contribution in [1.82, 2.24) is 15.5 Å². The Balaban J connectivity index is 1.38. The van der Waals surface area contributed by atoms with Gasteiger partial charge in [-0.05, 0) is 64.1 Å². The van der Waals surface area contributed by atoms with Crippen molar-refractivity contribution in [2.45, 2.75) is 69.9 Å². The topological polar surface area (TPSA) is 27.3 Å². The van der Waals surface area contributed by atoms with E-state index in [1.165, 1.54) is 90.5 Å². The summed E-state index contributed by atoms with van der Waals surface area (Å²) in [5.41, 5.74) is 0. The smallest absolute Gasteiger partial charge is 0.0111 e. The molecule has 0 amide bonds. The second-order valence-electron chi connectivity index (χ2n) is 7.11. The molecule has 2 N–H and O–H groups in total. The molecule has 2 aliphatic heterocycles. The van der Waals surface area contributed by atoms with Gasteiger partial charge in [0.25, 0.3) is 0 Å². The highest BCUT2D eigenvalue weighted by atomic mass is 15.1. The predicted octanol–water partition coefficient (Wildman–Crippen LogP) is 2.37. The molecule has 0 bridgehead atoms. The van der Waals surface area contributed by atoms with E-state index in [2.05, 4.69) is 15.5 Å². The van der Waals surface area contributed by atoms with Crippen LogP contribution in [0, 0.1) is 5.92 Å². The fourth-order valence-corrected chi connectivity index (χ4v) is 4.57. The lowest BCUT2D eigenvalue weighted by atomic mass is 9.93. The number of nitrogens with one attached hydrogen (secondary N) is 2. The zero-order valence-electron chi connectivity index (χ0n) is 13.1. The summed E-state index contributed by atoms with van der Waals surface area (Å²) in [7, 11) is 0. The van der Waals surface area contributed by atoms with E-state index < -0.39 is 0 Å². The first kappa shape index (κ1) is 14.8. The first-order chi connectivity index (χ1) is 9.93. The van der Waals surface area contributed by atoms with Crippen molar-refractivity contribution < 1.29 is 0 Å². The normalized spacial score (nSPS) is 36.3. The number of hydrogen-bond donors (Lipinski definition) is 2. The van der Waals surface area contributed by atoms with Gasteiger partial charge in [-0.3, -0.25) is 0 Å². The molecule has 3 nitrogen and oxygen atoms in total. The Morgan fingerprint density at radius 1 is 0.900 bits per heavy atom. The van der Waals surface area contributed by atoms with Gasteiger partial charge >= 0.3 is 0 Å². The molecular weight excluding hydrogens is 246 g/mol. The lowest BCUT2D eigenvalue weighted by Crippen LogP contribution is -2.44. The minimum absolute atomic E-state index is 0.789. The molecule has 1 aliphatic carbocycles. The van der Waals surface area contributed by atoms with E-state index in [0.29, 0.717) is 0 Å². The van der Waals surface area contributed by atoms with Crippen LogP contribution in [0.15, 0.2) is 0 Å². The summed E-state index contributed by atoms with van der Waals surface area (Å²) in [5, 5.41) is 7.62. The standard InChI is InChI=1S/C17H33N3/c1-2-4-13-20(12-3-1)14-11-19-16-8-5-7-15(16)17-9-6-10-18-17/h15-19H,1-14H2. The minimum atomic E-state index is 0.789. The number of hydrogen-bond acceptors (Lipinski definition) is 3. The summed E-state index contributed by atoms with van der Waals surface area (Å²) in [5.74, 6) is 0.904. The molecule has 3 unspecified atom stereocenters. The third kappa shape index (κ3) is 3.96. The lowest BCUT2D eigenvalue weighted by molar-refractivity contribution is 0.263. The molecular formula is C17H33N3. The van der Waals surface area contributed by atoms with E-state index in [4.69, 9.17) is 0 Å². The Morgan fingerprint density at radius 2 is 1.75 bits per heavy atom. The van der Waals surface area contributed by atoms with Crippen molar-refractivity contribution in [2.75, 3.05) is 32.7 Å². The first-order valence-corrected chi connectivity index (χ1v) is 9.12. The molecule has 0 aromatic heterocycles. The van der Waals surface area contributed by atoms with Gasteiger partial charge in [0.2, 0.25) is 0 Å². The molecule has 3 fully saturated rings. The van der Waals surface area contributed by atoms with Gasteiger partial charge < -0.3 is 15.5 Å². The zero-order valence-corrected chi connectivity index (χ0v) is 13.1. The summed E-state index contributed by atoms with van der Waals surface area (Å²) in [6.45, 7) is 6.39. The van der Waals surface area contributed by atoms with Gasteiger partial charge in [-0.2, -0.15) is 0 Å². The number of nitrogens with zero attached hydrogens (tertiary/aromatic N) is 1. The molecule has 3 heteroatoms. The largest absolute Gasteiger partial charge is 0.314 e. The highest BCUT2D eigenvalue weighted by Gasteiger charge is 2.34. The number of likely N-dealkylation sites (tertiary alicyclic amines) is 1. The quantitative estimate of drug-likeness (QED) is 0.809. The summed E-state index contributed by atoms with van der Waals surface area (Å²) in [4.78, 5) is 2.68. The van der Waals surface area contributed by atoms with Crippen LogP contribution in [-0.4, -0.2) is 49.7 Å². The molecule has 0 aromatic rings. The van der Waals surface area contributed by atoms with E-state index in [1.807, 2.05) is 0 Å². The van der Waals surface area contributed by atoms with Crippen LogP contribution in [0.4, 0.5) is 0 Å². The molecule has 20 heavy (non-hydrogen) atoms. The third-order valence-electron chi connectivity index (χ3n) is 5.72. The first-order valence-electron chi connectivity index (χ1n) is 9.12. The molecule has 1 saturated carbocycles. The second kappa shape index (κ2) is 7.77. The van der Waals surface area contributed by atoms with E-state index >= 15 is 0 Å². The Morgan fingerprint density at radius 3 is 2.50 bits per heavy atom. The van der Waals surface area contributed by atoms with Crippen LogP contribution in [0.1, 0.15) is 57.8 Å². The van der Waals surface area contributed by atoms with Gasteiger partial charge in [0.1, 0.15) is 0 Å². The van der Waals surface area contributed by atoms with Gasteiger partial charge in [0.15, 0.2) is 0 Å². The van der Waals surface area contributed by atoms with Crippen LogP contribution >= 0.6 is 0 Å². The second-order valence-corrected chi connectivity index (χ2v) is 7.11. The summed E-state index contributed by atoms with van der Waals surface area (Å²) in [6.07, 6.45) is 12.8. The molecule has 2 heterocycles. The van der Waals surface area contributed by atoms with Crippen molar-refractivity contribution in [3.8, 4) is 0 Å². The van der Waals surface area contributed by atoms with Crippen LogP contribution in [0.5, 0.6) is 0 Å². The van der Waals surface area contributed by atoms with Crippen LogP contribution in [0.25, 0.3) is 0 Å². The van der Waals surface area contributed by atoms with Gasteiger partial charge in [-0.15, -0.1) is 0 Å². The number of rotatable bonds is 5. The molecule has 0 spiro atoms. The predicted molar refractivity (Wildman–Crippen MR) is 85.1 cm³/mol. The fourth-order valence-electron chi connectivity index (χ4n) is 4.57.